The molecular weight excluding hydrogens is 373 g/mol. The van der Waals surface area contributed by atoms with Gasteiger partial charge in [0.25, 0.3) is 0 Å². The summed E-state index contributed by atoms with van der Waals surface area (Å²) >= 11 is 0. The second-order valence-electron chi connectivity index (χ2n) is 9.42. The molecule has 0 amide bonds. The van der Waals surface area contributed by atoms with Crippen molar-refractivity contribution < 1.29 is 13.2 Å². The van der Waals surface area contributed by atoms with E-state index < -0.39 is 11.9 Å². The summed E-state index contributed by atoms with van der Waals surface area (Å²) < 4.78 is 38.4. The predicted octanol–water partition coefficient (Wildman–Crippen LogP) is 6.77. The van der Waals surface area contributed by atoms with Gasteiger partial charge in [0.15, 0.2) is 0 Å². The lowest BCUT2D eigenvalue weighted by molar-refractivity contribution is -0.141. The van der Waals surface area contributed by atoms with Crippen LogP contribution in [0.2, 0.25) is 0 Å². The summed E-state index contributed by atoms with van der Waals surface area (Å²) in [6.07, 6.45) is -2.39. The largest absolute Gasteiger partial charge is 0.433 e. The van der Waals surface area contributed by atoms with Crippen LogP contribution in [0.5, 0.6) is 0 Å². The molecule has 5 heteroatoms. The first kappa shape index (κ1) is 21.3. The second-order valence-corrected chi connectivity index (χ2v) is 9.42. The monoisotopic (exact) mass is 400 g/mol. The second kappa shape index (κ2) is 7.12. The quantitative estimate of drug-likeness (QED) is 0.484. The Morgan fingerprint density at radius 1 is 0.862 bits per heavy atom. The number of hydrogen-bond donors (Lipinski definition) is 0. The van der Waals surface area contributed by atoms with Crippen LogP contribution >= 0.6 is 0 Å². The molecule has 0 aliphatic rings. The summed E-state index contributed by atoms with van der Waals surface area (Å²) in [4.78, 5) is 8.48. The molecule has 0 fully saturated rings. The summed E-state index contributed by atoms with van der Waals surface area (Å²) in [5.41, 5.74) is 3.83. The molecule has 3 rings (SSSR count). The van der Waals surface area contributed by atoms with Crippen molar-refractivity contribution in [3.8, 4) is 0 Å². The van der Waals surface area contributed by atoms with E-state index in [9.17, 15) is 13.2 Å². The van der Waals surface area contributed by atoms with Gasteiger partial charge >= 0.3 is 6.18 Å². The molecule has 0 bridgehead atoms. The molecule has 0 radical (unpaired) electrons. The average molecular weight is 400 g/mol. The zero-order valence-electron chi connectivity index (χ0n) is 17.8. The number of nitrogens with zero attached hydrogens (tertiary/aromatic N) is 2. The van der Waals surface area contributed by atoms with Gasteiger partial charge in [-0.3, -0.25) is 9.97 Å². The van der Waals surface area contributed by atoms with Gasteiger partial charge in [0.2, 0.25) is 0 Å². The Labute approximate surface area is 170 Å². The molecule has 3 aromatic rings. The Kier molecular flexibility index (Phi) is 5.22. The smallest absolute Gasteiger partial charge is 0.252 e. The first-order valence-electron chi connectivity index (χ1n) is 9.72. The minimum atomic E-state index is -4.42. The van der Waals surface area contributed by atoms with Gasteiger partial charge in [-0.2, -0.15) is 13.2 Å². The molecule has 2 nitrogen and oxygen atoms in total. The average Bonchev–Trinajstić information content (AvgIpc) is 2.59. The van der Waals surface area contributed by atoms with E-state index in [1.165, 1.54) is 12.3 Å². The fourth-order valence-corrected chi connectivity index (χ4v) is 3.58. The van der Waals surface area contributed by atoms with Crippen molar-refractivity contribution in [3.05, 3.63) is 70.7 Å². The van der Waals surface area contributed by atoms with Crippen molar-refractivity contribution in [2.75, 3.05) is 0 Å². The summed E-state index contributed by atoms with van der Waals surface area (Å²) in [7, 11) is 0. The summed E-state index contributed by atoms with van der Waals surface area (Å²) in [6.45, 7) is 12.5. The van der Waals surface area contributed by atoms with E-state index in [-0.39, 0.29) is 10.8 Å². The molecule has 2 heterocycles. The van der Waals surface area contributed by atoms with Gasteiger partial charge in [-0.25, -0.2) is 0 Å². The number of alkyl halides is 3. The van der Waals surface area contributed by atoms with Crippen LogP contribution in [0.15, 0.2) is 42.6 Å². The van der Waals surface area contributed by atoms with Crippen LogP contribution in [0.25, 0.3) is 10.9 Å². The van der Waals surface area contributed by atoms with Crippen LogP contribution in [0.3, 0.4) is 0 Å². The van der Waals surface area contributed by atoms with Crippen LogP contribution in [0, 0.1) is 6.92 Å². The Hall–Kier alpha value is -2.43. The number of hydrogen-bond acceptors (Lipinski definition) is 2. The van der Waals surface area contributed by atoms with E-state index in [0.29, 0.717) is 6.42 Å². The number of pyridine rings is 2. The third kappa shape index (κ3) is 4.60. The maximum Gasteiger partial charge on any atom is 0.433 e. The van der Waals surface area contributed by atoms with Crippen LogP contribution in [0.1, 0.15) is 62.7 Å². The van der Waals surface area contributed by atoms with Gasteiger partial charge in [0.05, 0.1) is 5.52 Å². The minimum absolute atomic E-state index is 0.0170. The summed E-state index contributed by atoms with van der Waals surface area (Å²) in [5, 5.41) is 1.08. The molecular formula is C24H27F3N2. The van der Waals surface area contributed by atoms with E-state index in [2.05, 4.69) is 56.9 Å². The van der Waals surface area contributed by atoms with Gasteiger partial charge in [0, 0.05) is 22.7 Å². The van der Waals surface area contributed by atoms with Gasteiger partial charge in [0.1, 0.15) is 5.69 Å². The van der Waals surface area contributed by atoms with E-state index >= 15 is 0 Å². The Balaban J connectivity index is 1.92. The van der Waals surface area contributed by atoms with Crippen LogP contribution in [0.4, 0.5) is 13.2 Å². The number of aryl methyl sites for hydroxylation is 1. The normalized spacial score (nSPS) is 13.1. The standard InChI is InChI=1S/C24H27F3N2/c1-15-11-16(12-17-7-9-19(22(2,3)4)29-21(15)17)13-23(5,6)18-8-10-20(28-14-18)24(25,26)27/h7-12,14H,13H2,1-6H3. The fourth-order valence-electron chi connectivity index (χ4n) is 3.58. The highest BCUT2D eigenvalue weighted by Crippen LogP contribution is 2.33. The molecule has 0 saturated heterocycles. The summed E-state index contributed by atoms with van der Waals surface area (Å²) in [5.74, 6) is 0. The molecule has 2 aromatic heterocycles. The van der Waals surface area contributed by atoms with Gasteiger partial charge in [-0.05, 0) is 53.6 Å². The molecule has 0 aliphatic heterocycles. The van der Waals surface area contributed by atoms with E-state index in [0.717, 1.165) is 39.4 Å². The summed E-state index contributed by atoms with van der Waals surface area (Å²) in [6, 6.07) is 11.0. The van der Waals surface area contributed by atoms with E-state index in [1.54, 1.807) is 0 Å². The predicted molar refractivity (Wildman–Crippen MR) is 111 cm³/mol. The fraction of sp³-hybridized carbons (Fsp3) is 0.417. The Morgan fingerprint density at radius 2 is 1.52 bits per heavy atom. The van der Waals surface area contributed by atoms with Crippen molar-refractivity contribution >= 4 is 10.9 Å². The highest BCUT2D eigenvalue weighted by Gasteiger charge is 2.33. The molecule has 0 N–H and O–H groups in total. The molecule has 0 atom stereocenters. The van der Waals surface area contributed by atoms with Gasteiger partial charge in [-0.1, -0.05) is 52.8 Å². The first-order valence-corrected chi connectivity index (χ1v) is 9.72. The van der Waals surface area contributed by atoms with Crippen molar-refractivity contribution in [3.63, 3.8) is 0 Å². The van der Waals surface area contributed by atoms with Crippen molar-refractivity contribution in [1.82, 2.24) is 9.97 Å². The van der Waals surface area contributed by atoms with Crippen LogP contribution in [-0.2, 0) is 23.4 Å². The molecule has 0 saturated carbocycles. The van der Waals surface area contributed by atoms with Crippen LogP contribution in [-0.4, -0.2) is 9.97 Å². The molecule has 1 aromatic carbocycles. The lowest BCUT2D eigenvalue weighted by Gasteiger charge is -2.26. The lowest BCUT2D eigenvalue weighted by atomic mass is 9.79. The lowest BCUT2D eigenvalue weighted by Crippen LogP contribution is -2.21. The minimum Gasteiger partial charge on any atom is -0.252 e. The van der Waals surface area contributed by atoms with Crippen molar-refractivity contribution in [2.45, 2.75) is 65.0 Å². The van der Waals surface area contributed by atoms with Gasteiger partial charge in [-0.15, -0.1) is 0 Å². The van der Waals surface area contributed by atoms with E-state index in [1.807, 2.05) is 13.8 Å². The van der Waals surface area contributed by atoms with Crippen molar-refractivity contribution in [2.24, 2.45) is 0 Å². The molecule has 0 unspecified atom stereocenters. The molecule has 0 spiro atoms. The number of halogens is 3. The Morgan fingerprint density at radius 3 is 2.07 bits per heavy atom. The molecule has 0 aliphatic carbocycles. The third-order valence-corrected chi connectivity index (χ3v) is 5.29. The molecule has 154 valence electrons. The van der Waals surface area contributed by atoms with Crippen LogP contribution < -0.4 is 0 Å². The number of rotatable bonds is 3. The number of aromatic nitrogens is 2. The highest BCUT2D eigenvalue weighted by atomic mass is 19.4. The number of benzene rings is 1. The maximum atomic E-state index is 12.8. The zero-order valence-corrected chi connectivity index (χ0v) is 17.8. The maximum absolute atomic E-state index is 12.8. The zero-order chi connectivity index (χ0) is 21.6. The number of fused-ring (bicyclic) bond motifs is 1. The van der Waals surface area contributed by atoms with Gasteiger partial charge < -0.3 is 0 Å². The van der Waals surface area contributed by atoms with Crippen molar-refractivity contribution in [1.29, 1.82) is 0 Å². The third-order valence-electron chi connectivity index (χ3n) is 5.29. The topological polar surface area (TPSA) is 25.8 Å². The SMILES string of the molecule is Cc1cc(CC(C)(C)c2ccc(C(F)(F)F)nc2)cc2ccc(C(C)(C)C)nc12. The highest BCUT2D eigenvalue weighted by molar-refractivity contribution is 5.82. The molecule has 29 heavy (non-hydrogen) atoms. The van der Waals surface area contributed by atoms with E-state index in [4.69, 9.17) is 4.98 Å². The Bertz CT molecular complexity index is 1030. The first-order chi connectivity index (χ1) is 13.3.